The van der Waals surface area contributed by atoms with Crippen molar-refractivity contribution < 1.29 is 14.6 Å². The monoisotopic (exact) mass is 340 g/mol. The van der Waals surface area contributed by atoms with Gasteiger partial charge in [0.25, 0.3) is 0 Å². The molecule has 0 aromatic heterocycles. The summed E-state index contributed by atoms with van der Waals surface area (Å²) in [6.07, 6.45) is -1.02. The van der Waals surface area contributed by atoms with Gasteiger partial charge in [-0.15, -0.1) is 5.54 Å². The maximum absolute atomic E-state index is 10.0. The quantitative estimate of drug-likeness (QED) is 0.505. The summed E-state index contributed by atoms with van der Waals surface area (Å²) in [4.78, 5) is 0. The minimum atomic E-state index is -1.45. The van der Waals surface area contributed by atoms with Crippen LogP contribution in [-0.2, 0) is 11.3 Å². The summed E-state index contributed by atoms with van der Waals surface area (Å²) in [6.45, 7) is 7.04. The van der Waals surface area contributed by atoms with Crippen LogP contribution in [0.1, 0.15) is 23.0 Å². The second-order valence-corrected chi connectivity index (χ2v) is 11.4. The molecule has 0 heterocycles. The third kappa shape index (κ3) is 5.54. The Bertz CT molecular complexity index is 724. The normalized spacial score (nSPS) is 12.2. The molecular formula is C20H24O3Si. The Balaban J connectivity index is 2.28. The summed E-state index contributed by atoms with van der Waals surface area (Å²) in [5.74, 6) is 3.81. The van der Waals surface area contributed by atoms with Crippen LogP contribution in [0.2, 0.25) is 19.6 Å². The Hall–Kier alpha value is -2.06. The number of hydrogen-bond donors (Lipinski definition) is 1. The van der Waals surface area contributed by atoms with Gasteiger partial charge in [-0.05, 0) is 23.8 Å². The van der Waals surface area contributed by atoms with Gasteiger partial charge in [0.15, 0.2) is 6.29 Å². The summed E-state index contributed by atoms with van der Waals surface area (Å²) in [6, 6.07) is 15.5. The van der Waals surface area contributed by atoms with Gasteiger partial charge in [-0.25, -0.2) is 0 Å². The predicted molar refractivity (Wildman–Crippen MR) is 99.4 cm³/mol. The smallest absolute Gasteiger partial charge is 0.184 e. The van der Waals surface area contributed by atoms with E-state index in [1.165, 1.54) is 7.11 Å². The average molecular weight is 340 g/mol. The first kappa shape index (κ1) is 18.3. The molecule has 0 fully saturated rings. The minimum Gasteiger partial charge on any atom is -0.488 e. The van der Waals surface area contributed by atoms with Gasteiger partial charge < -0.3 is 14.6 Å². The number of hydrogen-bond acceptors (Lipinski definition) is 3. The van der Waals surface area contributed by atoms with E-state index in [2.05, 4.69) is 31.1 Å². The Morgan fingerprint density at radius 2 is 1.79 bits per heavy atom. The van der Waals surface area contributed by atoms with E-state index >= 15 is 0 Å². The molecule has 0 spiro atoms. The number of ether oxygens (including phenoxy) is 2. The van der Waals surface area contributed by atoms with Gasteiger partial charge in [-0.2, -0.15) is 0 Å². The average Bonchev–Trinajstić information content (AvgIpc) is 2.58. The molecule has 0 aliphatic rings. The van der Waals surface area contributed by atoms with Gasteiger partial charge in [-0.3, -0.25) is 0 Å². The van der Waals surface area contributed by atoms with Crippen molar-refractivity contribution in [3.05, 3.63) is 65.2 Å². The molecule has 1 unspecified atom stereocenters. The van der Waals surface area contributed by atoms with Crippen molar-refractivity contribution in [2.75, 3.05) is 7.11 Å². The van der Waals surface area contributed by atoms with E-state index in [1.54, 1.807) is 0 Å². The molecule has 0 aliphatic carbocycles. The molecule has 2 aromatic rings. The lowest BCUT2D eigenvalue weighted by Gasteiger charge is -2.16. The zero-order chi connectivity index (χ0) is 17.6. The zero-order valence-electron chi connectivity index (χ0n) is 14.7. The second-order valence-electron chi connectivity index (χ2n) is 6.61. The van der Waals surface area contributed by atoms with Crippen LogP contribution in [0.15, 0.2) is 48.5 Å². The summed E-state index contributed by atoms with van der Waals surface area (Å²) in [7, 11) is 0.0160. The summed E-state index contributed by atoms with van der Waals surface area (Å²) in [5, 5.41) is 10.0. The predicted octanol–water partition coefficient (Wildman–Crippen LogP) is 4.13. The molecule has 2 aromatic carbocycles. The van der Waals surface area contributed by atoms with Crippen molar-refractivity contribution in [1.82, 2.24) is 0 Å². The molecule has 1 N–H and O–H groups in total. The molecule has 0 saturated heterocycles. The number of rotatable bonds is 5. The number of benzene rings is 2. The molecule has 2 rings (SSSR count). The van der Waals surface area contributed by atoms with E-state index in [1.807, 2.05) is 48.5 Å². The minimum absolute atomic E-state index is 0.426. The topological polar surface area (TPSA) is 38.7 Å². The van der Waals surface area contributed by atoms with Gasteiger partial charge in [-0.1, -0.05) is 55.9 Å². The van der Waals surface area contributed by atoms with Gasteiger partial charge >= 0.3 is 0 Å². The van der Waals surface area contributed by atoms with Crippen LogP contribution in [0.25, 0.3) is 0 Å². The first-order valence-electron chi connectivity index (χ1n) is 7.94. The van der Waals surface area contributed by atoms with Crippen molar-refractivity contribution in [3.8, 4) is 17.2 Å². The Morgan fingerprint density at radius 1 is 1.08 bits per heavy atom. The van der Waals surface area contributed by atoms with Crippen molar-refractivity contribution in [2.24, 2.45) is 0 Å². The molecule has 1 atom stereocenters. The Kier molecular flexibility index (Phi) is 6.21. The zero-order valence-corrected chi connectivity index (χ0v) is 15.7. The fraction of sp³-hybridized carbons (Fsp3) is 0.300. The van der Waals surface area contributed by atoms with E-state index in [4.69, 9.17) is 9.47 Å². The van der Waals surface area contributed by atoms with Crippen LogP contribution in [0, 0.1) is 11.5 Å². The van der Waals surface area contributed by atoms with Crippen molar-refractivity contribution in [1.29, 1.82) is 0 Å². The third-order valence-corrected chi connectivity index (χ3v) is 4.20. The molecule has 0 aliphatic heterocycles. The number of aliphatic hydroxyl groups is 1. The van der Waals surface area contributed by atoms with E-state index in [-0.39, 0.29) is 0 Å². The molecule has 0 radical (unpaired) electrons. The third-order valence-electron chi connectivity index (χ3n) is 3.32. The molecule has 0 bridgehead atoms. The highest BCUT2D eigenvalue weighted by atomic mass is 28.3. The lowest BCUT2D eigenvalue weighted by Crippen LogP contribution is -2.16. The molecule has 3 nitrogen and oxygen atoms in total. The fourth-order valence-corrected chi connectivity index (χ4v) is 2.58. The van der Waals surface area contributed by atoms with Crippen molar-refractivity contribution >= 4 is 8.07 Å². The van der Waals surface area contributed by atoms with Crippen LogP contribution >= 0.6 is 0 Å². The molecular weight excluding hydrogens is 316 g/mol. The molecule has 0 amide bonds. The van der Waals surface area contributed by atoms with Crippen LogP contribution in [-0.4, -0.2) is 20.3 Å². The van der Waals surface area contributed by atoms with Gasteiger partial charge in [0.2, 0.25) is 0 Å². The van der Waals surface area contributed by atoms with Crippen LogP contribution in [0.3, 0.4) is 0 Å². The van der Waals surface area contributed by atoms with Crippen molar-refractivity contribution in [2.45, 2.75) is 32.5 Å². The Morgan fingerprint density at radius 3 is 2.42 bits per heavy atom. The van der Waals surface area contributed by atoms with Crippen LogP contribution < -0.4 is 4.74 Å². The number of aliphatic hydroxyl groups excluding tert-OH is 1. The Labute approximate surface area is 145 Å². The van der Waals surface area contributed by atoms with Gasteiger partial charge in [0, 0.05) is 18.2 Å². The largest absolute Gasteiger partial charge is 0.488 e. The lowest BCUT2D eigenvalue weighted by molar-refractivity contribution is -0.0783. The molecule has 4 heteroatoms. The first-order chi connectivity index (χ1) is 11.4. The van der Waals surface area contributed by atoms with E-state index in [0.717, 1.165) is 11.1 Å². The highest BCUT2D eigenvalue weighted by Crippen LogP contribution is 2.27. The summed E-state index contributed by atoms with van der Waals surface area (Å²) >= 11 is 0. The SMILES string of the molecule is COC(O)c1ccc(C#C[Si](C)(C)C)cc1OCc1ccccc1. The lowest BCUT2D eigenvalue weighted by atomic mass is 10.1. The van der Waals surface area contributed by atoms with Crippen molar-refractivity contribution in [3.63, 3.8) is 0 Å². The van der Waals surface area contributed by atoms with Crippen LogP contribution in [0.4, 0.5) is 0 Å². The molecule has 24 heavy (non-hydrogen) atoms. The number of methoxy groups -OCH3 is 1. The van der Waals surface area contributed by atoms with E-state index < -0.39 is 14.4 Å². The highest BCUT2D eigenvalue weighted by molar-refractivity contribution is 6.83. The highest BCUT2D eigenvalue weighted by Gasteiger charge is 2.14. The van der Waals surface area contributed by atoms with Crippen LogP contribution in [0.5, 0.6) is 5.75 Å². The first-order valence-corrected chi connectivity index (χ1v) is 11.4. The van der Waals surface area contributed by atoms with E-state index in [9.17, 15) is 5.11 Å². The second kappa shape index (κ2) is 8.16. The maximum atomic E-state index is 10.0. The van der Waals surface area contributed by atoms with Gasteiger partial charge in [0.05, 0.1) is 0 Å². The molecule has 126 valence electrons. The van der Waals surface area contributed by atoms with Gasteiger partial charge in [0.1, 0.15) is 20.4 Å². The van der Waals surface area contributed by atoms with E-state index in [0.29, 0.717) is 17.9 Å². The standard InChI is InChI=1S/C20H24O3Si/c1-22-20(21)18-11-10-16(12-13-24(2,3)4)14-19(18)23-15-17-8-6-5-7-9-17/h5-11,14,20-21H,15H2,1-4H3. The summed E-state index contributed by atoms with van der Waals surface area (Å²) in [5.41, 5.74) is 5.89. The summed E-state index contributed by atoms with van der Waals surface area (Å²) < 4.78 is 11.0. The fourth-order valence-electron chi connectivity index (χ4n) is 2.06. The molecule has 0 saturated carbocycles. The maximum Gasteiger partial charge on any atom is 0.184 e.